The summed E-state index contributed by atoms with van der Waals surface area (Å²) in [5, 5.41) is 10.6. The van der Waals surface area contributed by atoms with Crippen LogP contribution in [-0.2, 0) is 10.0 Å². The molecule has 0 aliphatic rings. The summed E-state index contributed by atoms with van der Waals surface area (Å²) in [4.78, 5) is 10.1. The smallest absolute Gasteiger partial charge is 0.258 e. The first-order chi connectivity index (χ1) is 10.5. The van der Waals surface area contributed by atoms with Gasteiger partial charge in [0.2, 0.25) is 10.0 Å². The summed E-state index contributed by atoms with van der Waals surface area (Å²) in [5.74, 6) is 3.07. The van der Waals surface area contributed by atoms with Crippen molar-refractivity contribution in [3.05, 3.63) is 34.4 Å². The van der Waals surface area contributed by atoms with Crippen molar-refractivity contribution in [1.82, 2.24) is 4.72 Å². The van der Waals surface area contributed by atoms with Crippen LogP contribution in [0.25, 0.3) is 0 Å². The highest BCUT2D eigenvalue weighted by Gasteiger charge is 2.19. The van der Waals surface area contributed by atoms with Crippen molar-refractivity contribution in [2.45, 2.75) is 50.3 Å². The van der Waals surface area contributed by atoms with Crippen molar-refractivity contribution in [2.24, 2.45) is 0 Å². The average molecular weight is 355 g/mol. The molecule has 126 valence electrons. The number of nitrogens with zero attached hydrogens (tertiary/aromatic N) is 1. The molecule has 0 bridgehead atoms. The van der Waals surface area contributed by atoms with E-state index in [-0.39, 0.29) is 16.6 Å². The fraction of sp³-hybridized carbons (Fsp3) is 0.467. The van der Waals surface area contributed by atoms with Gasteiger partial charge >= 0.3 is 0 Å². The fourth-order valence-corrected chi connectivity index (χ4v) is 3.69. The number of nitrogens with one attached hydrogen (secondary N) is 1. The van der Waals surface area contributed by atoms with E-state index in [2.05, 4.69) is 35.8 Å². The van der Waals surface area contributed by atoms with Crippen LogP contribution in [0.3, 0.4) is 0 Å². The summed E-state index contributed by atoms with van der Waals surface area (Å²) in [7, 11) is -5.19. The molecule has 0 radical (unpaired) electrons. The molecule has 0 saturated carbocycles. The van der Waals surface area contributed by atoms with Gasteiger partial charge in [0.15, 0.2) is 0 Å². The first-order valence-electron chi connectivity index (χ1n) is 7.32. The number of benzene rings is 1. The minimum absolute atomic E-state index is 0.0136. The molecule has 1 aromatic rings. The summed E-state index contributed by atoms with van der Waals surface area (Å²) in [6.45, 7) is 8.27. The largest absolute Gasteiger partial charge is 0.269 e. The van der Waals surface area contributed by atoms with Gasteiger partial charge in [-0.05, 0) is 18.6 Å². The summed E-state index contributed by atoms with van der Waals surface area (Å²) in [5.41, 5.74) is 3.07. The van der Waals surface area contributed by atoms with Gasteiger partial charge in [0.1, 0.15) is 8.07 Å². The quantitative estimate of drug-likeness (QED) is 0.368. The Morgan fingerprint density at radius 3 is 2.26 bits per heavy atom. The summed E-state index contributed by atoms with van der Waals surface area (Å²) in [6.07, 6.45) is 1.07. The van der Waals surface area contributed by atoms with Crippen LogP contribution in [0.15, 0.2) is 29.2 Å². The number of rotatable bonds is 6. The van der Waals surface area contributed by atoms with E-state index < -0.39 is 23.0 Å². The molecule has 0 heterocycles. The minimum Gasteiger partial charge on any atom is -0.258 e. The van der Waals surface area contributed by atoms with Crippen molar-refractivity contribution in [3.8, 4) is 11.5 Å². The molecule has 0 saturated heterocycles. The second-order valence-corrected chi connectivity index (χ2v) is 12.7. The third kappa shape index (κ3) is 6.52. The monoisotopic (exact) mass is 354 g/mol. The molecule has 0 aliphatic heterocycles. The van der Waals surface area contributed by atoms with Gasteiger partial charge in [0, 0.05) is 24.6 Å². The van der Waals surface area contributed by atoms with Crippen LogP contribution in [-0.4, -0.2) is 27.5 Å². The number of non-ortho nitro benzene ring substituents is 1. The molecule has 8 heteroatoms. The molecule has 1 atom stereocenters. The van der Waals surface area contributed by atoms with E-state index in [9.17, 15) is 18.5 Å². The van der Waals surface area contributed by atoms with Gasteiger partial charge in [-0.3, -0.25) is 10.1 Å². The Labute approximate surface area is 138 Å². The molecule has 0 amide bonds. The maximum Gasteiger partial charge on any atom is 0.269 e. The molecule has 1 rings (SSSR count). The molecular weight excluding hydrogens is 332 g/mol. The maximum absolute atomic E-state index is 12.3. The molecule has 0 spiro atoms. The lowest BCUT2D eigenvalue weighted by molar-refractivity contribution is -0.384. The van der Waals surface area contributed by atoms with Crippen LogP contribution in [0.4, 0.5) is 5.69 Å². The predicted molar refractivity (Wildman–Crippen MR) is 93.2 cm³/mol. The maximum atomic E-state index is 12.3. The van der Waals surface area contributed by atoms with Gasteiger partial charge < -0.3 is 0 Å². The zero-order valence-corrected chi connectivity index (χ0v) is 15.6. The Bertz CT molecular complexity index is 713. The number of hydrogen-bond donors (Lipinski definition) is 1. The van der Waals surface area contributed by atoms with Gasteiger partial charge in [-0.1, -0.05) is 26.6 Å². The van der Waals surface area contributed by atoms with Gasteiger partial charge in [0.25, 0.3) is 5.69 Å². The summed E-state index contributed by atoms with van der Waals surface area (Å²) in [6, 6.07) is 4.56. The highest BCUT2D eigenvalue weighted by atomic mass is 32.2. The van der Waals surface area contributed by atoms with Crippen molar-refractivity contribution < 1.29 is 13.3 Å². The minimum atomic E-state index is -3.71. The molecule has 0 unspecified atom stereocenters. The number of nitro groups is 1. The van der Waals surface area contributed by atoms with Crippen LogP contribution in [0.2, 0.25) is 19.6 Å². The van der Waals surface area contributed by atoms with Crippen molar-refractivity contribution >= 4 is 23.8 Å². The van der Waals surface area contributed by atoms with Gasteiger partial charge in [-0.25, -0.2) is 13.1 Å². The van der Waals surface area contributed by atoms with Gasteiger partial charge in [-0.2, -0.15) is 0 Å². The highest BCUT2D eigenvalue weighted by molar-refractivity contribution is 7.89. The number of sulfonamides is 1. The second-order valence-electron chi connectivity index (χ2n) is 6.23. The lowest BCUT2D eigenvalue weighted by atomic mass is 10.2. The van der Waals surface area contributed by atoms with Crippen molar-refractivity contribution in [3.63, 3.8) is 0 Å². The molecule has 23 heavy (non-hydrogen) atoms. The van der Waals surface area contributed by atoms with E-state index in [1.54, 1.807) is 0 Å². The van der Waals surface area contributed by atoms with E-state index in [4.69, 9.17) is 0 Å². The Morgan fingerprint density at radius 2 is 1.83 bits per heavy atom. The number of hydrogen-bond acceptors (Lipinski definition) is 4. The lowest BCUT2D eigenvalue weighted by Crippen LogP contribution is -2.34. The van der Waals surface area contributed by atoms with E-state index in [0.29, 0.717) is 12.8 Å². The zero-order chi connectivity index (χ0) is 17.7. The van der Waals surface area contributed by atoms with Gasteiger partial charge in [0.05, 0.1) is 9.82 Å². The molecule has 0 aliphatic carbocycles. The molecule has 1 N–H and O–H groups in total. The third-order valence-electron chi connectivity index (χ3n) is 2.98. The zero-order valence-electron chi connectivity index (χ0n) is 13.8. The fourth-order valence-electron chi connectivity index (χ4n) is 1.74. The molecule has 1 aromatic carbocycles. The van der Waals surface area contributed by atoms with E-state index in [1.165, 1.54) is 24.3 Å². The Morgan fingerprint density at radius 1 is 1.26 bits per heavy atom. The van der Waals surface area contributed by atoms with Crippen LogP contribution >= 0.6 is 0 Å². The van der Waals surface area contributed by atoms with Gasteiger partial charge in [-0.15, -0.1) is 11.5 Å². The van der Waals surface area contributed by atoms with E-state index in [0.717, 1.165) is 0 Å². The van der Waals surface area contributed by atoms with E-state index in [1.807, 2.05) is 6.92 Å². The Balaban J connectivity index is 2.86. The van der Waals surface area contributed by atoms with Crippen LogP contribution in [0.5, 0.6) is 0 Å². The van der Waals surface area contributed by atoms with E-state index >= 15 is 0 Å². The highest BCUT2D eigenvalue weighted by Crippen LogP contribution is 2.16. The lowest BCUT2D eigenvalue weighted by Gasteiger charge is -2.15. The normalized spacial score (nSPS) is 13.0. The molecule has 0 aromatic heterocycles. The van der Waals surface area contributed by atoms with Crippen LogP contribution in [0.1, 0.15) is 19.8 Å². The molecule has 0 fully saturated rings. The first kappa shape index (κ1) is 19.4. The first-order valence-corrected chi connectivity index (χ1v) is 12.3. The predicted octanol–water partition coefficient (Wildman–Crippen LogP) is 2.92. The van der Waals surface area contributed by atoms with Crippen LogP contribution < -0.4 is 4.72 Å². The summed E-state index contributed by atoms with van der Waals surface area (Å²) >= 11 is 0. The summed E-state index contributed by atoms with van der Waals surface area (Å²) < 4.78 is 27.3. The Hall–Kier alpha value is -1.69. The van der Waals surface area contributed by atoms with Crippen LogP contribution in [0, 0.1) is 21.6 Å². The molecule has 6 nitrogen and oxygen atoms in total. The Kier molecular flexibility index (Phi) is 6.50. The number of nitro benzene ring substituents is 1. The standard InChI is InChI=1S/C15H22N2O4SSi/c1-5-13(7-6-12-23(2,3)4)16-22(20,21)15-10-8-14(9-11-15)17(18)19/h8-11,13,16H,5,7H2,1-4H3/t13-/m1/s1. The third-order valence-corrected chi connectivity index (χ3v) is 5.45. The topological polar surface area (TPSA) is 89.3 Å². The second kappa shape index (κ2) is 7.72. The van der Waals surface area contributed by atoms with Crippen molar-refractivity contribution in [1.29, 1.82) is 0 Å². The average Bonchev–Trinajstić information content (AvgIpc) is 2.44. The van der Waals surface area contributed by atoms with Crippen molar-refractivity contribution in [2.75, 3.05) is 0 Å². The molecular formula is C15H22N2O4SSi. The SMILES string of the molecule is CC[C@H](CC#C[Si](C)(C)C)NS(=O)(=O)c1ccc([N+](=O)[O-])cc1.